The second-order valence-electron chi connectivity index (χ2n) is 9.00. The third-order valence-electron chi connectivity index (χ3n) is 7.12. The van der Waals surface area contributed by atoms with Crippen molar-refractivity contribution < 1.29 is 0 Å². The Bertz CT molecular complexity index is 505. The van der Waals surface area contributed by atoms with Gasteiger partial charge in [0.25, 0.3) is 0 Å². The number of unbranched alkanes of at least 4 members (excludes halogenated alkanes) is 2. The summed E-state index contributed by atoms with van der Waals surface area (Å²) in [4.78, 5) is 0. The molecule has 0 radical (unpaired) electrons. The van der Waals surface area contributed by atoms with E-state index in [1.54, 1.807) is 5.57 Å². The number of rotatable bonds is 10. The van der Waals surface area contributed by atoms with Crippen LogP contribution in [0.15, 0.2) is 36.5 Å². The summed E-state index contributed by atoms with van der Waals surface area (Å²) in [6.07, 6.45) is 27.0. The lowest BCUT2D eigenvalue weighted by Gasteiger charge is -2.36. The Morgan fingerprint density at radius 1 is 0.889 bits per heavy atom. The molecule has 2 saturated carbocycles. The van der Waals surface area contributed by atoms with Gasteiger partial charge in [-0.1, -0.05) is 63.0 Å². The van der Waals surface area contributed by atoms with Gasteiger partial charge in [0, 0.05) is 6.08 Å². The normalized spacial score (nSPS) is 29.2. The molecule has 0 spiro atoms. The van der Waals surface area contributed by atoms with Crippen molar-refractivity contribution in [1.29, 1.82) is 5.26 Å². The van der Waals surface area contributed by atoms with Gasteiger partial charge in [-0.05, 0) is 87.9 Å². The van der Waals surface area contributed by atoms with Gasteiger partial charge in [-0.15, -0.1) is 0 Å². The quantitative estimate of drug-likeness (QED) is 0.165. The fraction of sp³-hybridized carbons (Fsp3) is 0.731. The van der Waals surface area contributed by atoms with Crippen LogP contribution in [0.5, 0.6) is 0 Å². The first kappa shape index (κ1) is 22.0. The Labute approximate surface area is 168 Å². The molecule has 2 rings (SSSR count). The standard InChI is InChI=1S/C26H41N/c1-3-4-8-11-23-13-17-25(18-14-23)22(2)26-19-15-24(16-20-26)12-9-6-5-7-10-21-27/h5-7,10,23-26H,2-4,8-9,11-20H2,1H3/b6-5+,10-7+/t23-,24-,25-,26-. The maximum atomic E-state index is 8.47. The van der Waals surface area contributed by atoms with E-state index >= 15 is 0 Å². The molecule has 0 atom stereocenters. The average molecular weight is 368 g/mol. The Kier molecular flexibility index (Phi) is 10.6. The zero-order valence-electron chi connectivity index (χ0n) is 17.7. The Balaban J connectivity index is 1.62. The molecule has 0 aromatic carbocycles. The van der Waals surface area contributed by atoms with Crippen molar-refractivity contribution >= 4 is 0 Å². The van der Waals surface area contributed by atoms with Crippen LogP contribution in [0.4, 0.5) is 0 Å². The summed E-state index contributed by atoms with van der Waals surface area (Å²) in [7, 11) is 0. The van der Waals surface area contributed by atoms with Crippen molar-refractivity contribution in [2.75, 3.05) is 0 Å². The van der Waals surface area contributed by atoms with Gasteiger partial charge < -0.3 is 0 Å². The van der Waals surface area contributed by atoms with Gasteiger partial charge in [0.05, 0.1) is 6.07 Å². The maximum Gasteiger partial charge on any atom is 0.0912 e. The van der Waals surface area contributed by atoms with Crippen LogP contribution in [0, 0.1) is 35.0 Å². The molecule has 27 heavy (non-hydrogen) atoms. The number of nitriles is 1. The van der Waals surface area contributed by atoms with Crippen molar-refractivity contribution in [3.05, 3.63) is 36.5 Å². The maximum absolute atomic E-state index is 8.47. The molecule has 2 fully saturated rings. The fourth-order valence-corrected chi connectivity index (χ4v) is 5.27. The van der Waals surface area contributed by atoms with Gasteiger partial charge >= 0.3 is 0 Å². The van der Waals surface area contributed by atoms with Gasteiger partial charge in [0.15, 0.2) is 0 Å². The summed E-state index contributed by atoms with van der Waals surface area (Å²) < 4.78 is 0. The van der Waals surface area contributed by atoms with Crippen molar-refractivity contribution in [3.63, 3.8) is 0 Å². The third-order valence-corrected chi connectivity index (χ3v) is 7.12. The molecular formula is C26H41N. The SMILES string of the molecule is C=C([C@H]1CC[C@H](CC/C=C/C=C/C#N)CC1)[C@H]1CC[C@H](CCCCC)CC1. The topological polar surface area (TPSA) is 23.8 Å². The minimum atomic E-state index is 0.803. The molecule has 0 amide bonds. The van der Waals surface area contributed by atoms with Crippen LogP contribution >= 0.6 is 0 Å². The second kappa shape index (κ2) is 13.0. The summed E-state index contributed by atoms with van der Waals surface area (Å²) in [5.74, 6) is 3.53. The second-order valence-corrected chi connectivity index (χ2v) is 9.00. The predicted molar refractivity (Wildman–Crippen MR) is 117 cm³/mol. The highest BCUT2D eigenvalue weighted by atomic mass is 14.3. The van der Waals surface area contributed by atoms with Crippen LogP contribution in [0.3, 0.4) is 0 Å². The van der Waals surface area contributed by atoms with Crippen LogP contribution in [0.1, 0.15) is 96.8 Å². The van der Waals surface area contributed by atoms with Gasteiger partial charge in [-0.3, -0.25) is 0 Å². The molecule has 0 aliphatic heterocycles. The van der Waals surface area contributed by atoms with Crippen LogP contribution in [0.2, 0.25) is 0 Å². The van der Waals surface area contributed by atoms with Crippen LogP contribution in [-0.4, -0.2) is 0 Å². The molecule has 0 saturated heterocycles. The lowest BCUT2D eigenvalue weighted by molar-refractivity contribution is 0.239. The van der Waals surface area contributed by atoms with Gasteiger partial charge in [-0.25, -0.2) is 0 Å². The first-order chi connectivity index (χ1) is 13.2. The summed E-state index contributed by atoms with van der Waals surface area (Å²) in [5, 5.41) is 8.47. The monoisotopic (exact) mass is 367 g/mol. The molecule has 0 unspecified atom stereocenters. The zero-order chi connectivity index (χ0) is 19.3. The van der Waals surface area contributed by atoms with Crippen LogP contribution in [-0.2, 0) is 0 Å². The highest BCUT2D eigenvalue weighted by molar-refractivity contribution is 5.11. The molecule has 0 aromatic rings. The molecule has 0 bridgehead atoms. The fourth-order valence-electron chi connectivity index (χ4n) is 5.27. The molecule has 2 aliphatic carbocycles. The van der Waals surface area contributed by atoms with E-state index in [1.165, 1.54) is 89.5 Å². The van der Waals surface area contributed by atoms with Gasteiger partial charge in [0.2, 0.25) is 0 Å². The molecule has 150 valence electrons. The highest BCUT2D eigenvalue weighted by Crippen LogP contribution is 2.42. The first-order valence-electron chi connectivity index (χ1n) is 11.6. The summed E-state index contributed by atoms with van der Waals surface area (Å²) in [6.45, 7) is 6.89. The lowest BCUT2D eigenvalue weighted by atomic mass is 9.70. The highest BCUT2D eigenvalue weighted by Gasteiger charge is 2.29. The van der Waals surface area contributed by atoms with E-state index in [9.17, 15) is 0 Å². The minimum Gasteiger partial charge on any atom is -0.193 e. The van der Waals surface area contributed by atoms with E-state index in [0.717, 1.165) is 30.1 Å². The number of nitrogens with zero attached hydrogens (tertiary/aromatic N) is 1. The largest absolute Gasteiger partial charge is 0.193 e. The average Bonchev–Trinajstić information content (AvgIpc) is 2.71. The first-order valence-corrected chi connectivity index (χ1v) is 11.6. The predicted octanol–water partition coefficient (Wildman–Crippen LogP) is 8.15. The lowest BCUT2D eigenvalue weighted by Crippen LogP contribution is -2.23. The van der Waals surface area contributed by atoms with Crippen molar-refractivity contribution in [1.82, 2.24) is 0 Å². The Morgan fingerprint density at radius 3 is 2.04 bits per heavy atom. The number of hydrogen-bond donors (Lipinski definition) is 0. The number of hydrogen-bond acceptors (Lipinski definition) is 1. The van der Waals surface area contributed by atoms with E-state index in [2.05, 4.69) is 19.6 Å². The van der Waals surface area contributed by atoms with Gasteiger partial charge in [0.1, 0.15) is 0 Å². The van der Waals surface area contributed by atoms with Crippen LogP contribution < -0.4 is 0 Å². The van der Waals surface area contributed by atoms with E-state index in [1.807, 2.05) is 18.2 Å². The van der Waals surface area contributed by atoms with Crippen molar-refractivity contribution in [3.8, 4) is 6.07 Å². The summed E-state index contributed by atoms with van der Waals surface area (Å²) >= 11 is 0. The number of allylic oxidation sites excluding steroid dienone is 5. The molecule has 2 aliphatic rings. The van der Waals surface area contributed by atoms with Gasteiger partial charge in [-0.2, -0.15) is 5.26 Å². The van der Waals surface area contributed by atoms with Crippen molar-refractivity contribution in [2.45, 2.75) is 96.8 Å². The van der Waals surface area contributed by atoms with E-state index < -0.39 is 0 Å². The molecular weight excluding hydrogens is 326 g/mol. The Morgan fingerprint density at radius 2 is 1.48 bits per heavy atom. The van der Waals surface area contributed by atoms with E-state index in [0.29, 0.717) is 0 Å². The Hall–Kier alpha value is -1.29. The van der Waals surface area contributed by atoms with Crippen LogP contribution in [0.25, 0.3) is 0 Å². The van der Waals surface area contributed by atoms with Crippen molar-refractivity contribution in [2.24, 2.45) is 23.7 Å². The molecule has 0 N–H and O–H groups in total. The summed E-state index contributed by atoms with van der Waals surface area (Å²) in [5.41, 5.74) is 1.61. The van der Waals surface area contributed by atoms with E-state index in [-0.39, 0.29) is 0 Å². The zero-order valence-corrected chi connectivity index (χ0v) is 17.7. The summed E-state index contributed by atoms with van der Waals surface area (Å²) in [6, 6.07) is 2.02. The molecule has 0 aromatic heterocycles. The third kappa shape index (κ3) is 8.08. The minimum absolute atomic E-state index is 0.803. The van der Waals surface area contributed by atoms with E-state index in [4.69, 9.17) is 5.26 Å². The smallest absolute Gasteiger partial charge is 0.0912 e. The molecule has 1 nitrogen and oxygen atoms in total. The molecule has 1 heteroatoms. The molecule has 0 heterocycles.